The summed E-state index contributed by atoms with van der Waals surface area (Å²) < 4.78 is 80.5. The van der Waals surface area contributed by atoms with Gasteiger partial charge in [0.25, 0.3) is 0 Å². The highest BCUT2D eigenvalue weighted by Crippen LogP contribution is 2.43. The van der Waals surface area contributed by atoms with Gasteiger partial charge in [0.15, 0.2) is 17.5 Å². The van der Waals surface area contributed by atoms with Gasteiger partial charge in [0.2, 0.25) is 0 Å². The molecule has 0 N–H and O–H groups in total. The van der Waals surface area contributed by atoms with Crippen molar-refractivity contribution in [3.05, 3.63) is 98.7 Å². The Hall–Kier alpha value is -4.30. The molecule has 15 heteroatoms. The summed E-state index contributed by atoms with van der Waals surface area (Å²) in [4.78, 5) is 31.5. The Morgan fingerprint density at radius 2 is 1.80 bits per heavy atom. The maximum atomic E-state index is 15.7. The number of rotatable bonds is 9. The van der Waals surface area contributed by atoms with Gasteiger partial charge in [0, 0.05) is 12.1 Å². The number of aldehydes is 1. The average molecular weight is 637 g/mol. The highest BCUT2D eigenvalue weighted by Gasteiger charge is 2.46. The summed E-state index contributed by atoms with van der Waals surface area (Å²) >= 11 is 6.20. The van der Waals surface area contributed by atoms with Crippen LogP contribution in [-0.4, -0.2) is 44.5 Å². The Bertz CT molecular complexity index is 1710. The van der Waals surface area contributed by atoms with Crippen LogP contribution in [0, 0.1) is 11.6 Å². The van der Waals surface area contributed by atoms with Crippen LogP contribution >= 0.6 is 11.6 Å². The molecule has 3 heterocycles. The number of fused-ring (bicyclic) bond motifs is 1. The fraction of sp³-hybridized carbons (Fsp3) is 0.310. The number of para-hydroxylation sites is 1. The van der Waals surface area contributed by atoms with E-state index >= 15 is 4.39 Å². The summed E-state index contributed by atoms with van der Waals surface area (Å²) in [6.45, 7) is 2.04. The molecule has 1 aliphatic rings. The number of carbonyl (C=O) groups is 1. The van der Waals surface area contributed by atoms with Crippen molar-refractivity contribution >= 4 is 29.4 Å². The Morgan fingerprint density at radius 3 is 2.43 bits per heavy atom. The molecule has 1 aliphatic heterocycles. The first-order valence-electron chi connectivity index (χ1n) is 13.5. The Kier molecular flexibility index (Phi) is 8.75. The van der Waals surface area contributed by atoms with Crippen molar-refractivity contribution in [2.75, 3.05) is 16.5 Å². The monoisotopic (exact) mass is 636 g/mol. The third kappa shape index (κ3) is 5.78. The van der Waals surface area contributed by atoms with Crippen LogP contribution in [0.3, 0.4) is 0 Å². The van der Waals surface area contributed by atoms with Crippen molar-refractivity contribution in [3.63, 3.8) is 0 Å². The number of carbonyl (C=O) groups excluding carboxylic acids is 1. The van der Waals surface area contributed by atoms with Crippen LogP contribution in [0.15, 0.2) is 59.4 Å². The van der Waals surface area contributed by atoms with E-state index < -0.39 is 53.9 Å². The first kappa shape index (κ1) is 31.1. The molecule has 0 saturated heterocycles. The molecule has 4 aromatic rings. The minimum atomic E-state index is -4.81. The molecule has 44 heavy (non-hydrogen) atoms. The lowest BCUT2D eigenvalue weighted by molar-refractivity contribution is -0.145. The maximum absolute atomic E-state index is 15.7. The molecular formula is C29H26ClF5N6O3. The van der Waals surface area contributed by atoms with Crippen LogP contribution in [0.1, 0.15) is 36.8 Å². The number of hydrogen-bond acceptors (Lipinski definition) is 7. The molecule has 0 saturated carbocycles. The van der Waals surface area contributed by atoms with Crippen LogP contribution in [0.25, 0.3) is 5.82 Å². The number of hydrogen-bond donors (Lipinski definition) is 0. The molecule has 2 aromatic heterocycles. The first-order valence-corrected chi connectivity index (χ1v) is 13.8. The molecule has 0 amide bonds. The standard InChI is InChI=1S/C29H26ClF5N6O3/c1-3-38-24(15-44-14-18-8-5-4-6-9-18)37-41(28(38)43)27-22(32)12-19-23(13-42)40(25-20(30)10-7-11-21(25)31)16-39(26(19)36-27)17(2)29(33,34)35/h4-13,17,23H,3,14-16H2,1-2H3/t17?,23-/m1/s1. The van der Waals surface area contributed by atoms with Gasteiger partial charge in [-0.05, 0) is 37.6 Å². The number of aromatic nitrogens is 4. The minimum Gasteiger partial charge on any atom is -0.369 e. The van der Waals surface area contributed by atoms with Crippen LogP contribution in [-0.2, 0) is 29.3 Å². The van der Waals surface area contributed by atoms with Gasteiger partial charge in [-0.25, -0.2) is 18.6 Å². The third-order valence-corrected chi connectivity index (χ3v) is 7.60. The predicted octanol–water partition coefficient (Wildman–Crippen LogP) is 5.57. The summed E-state index contributed by atoms with van der Waals surface area (Å²) in [5.74, 6) is -3.00. The van der Waals surface area contributed by atoms with E-state index in [-0.39, 0.29) is 41.9 Å². The van der Waals surface area contributed by atoms with Crippen molar-refractivity contribution in [3.8, 4) is 5.82 Å². The van der Waals surface area contributed by atoms with E-state index in [0.717, 1.165) is 34.4 Å². The third-order valence-electron chi connectivity index (χ3n) is 7.29. The van der Waals surface area contributed by atoms with Gasteiger partial charge < -0.3 is 19.3 Å². The molecular weight excluding hydrogens is 611 g/mol. The van der Waals surface area contributed by atoms with Crippen LogP contribution in [0.2, 0.25) is 5.02 Å². The highest BCUT2D eigenvalue weighted by atomic mass is 35.5. The van der Waals surface area contributed by atoms with Crippen molar-refractivity contribution in [1.82, 2.24) is 19.3 Å². The SMILES string of the molecule is CCn1c(COCc2ccccc2)nn(-c2nc3c(cc2F)[C@@H](C=O)N(c2c(F)cccc2Cl)CN3C(C)C(F)(F)F)c1=O. The van der Waals surface area contributed by atoms with Crippen molar-refractivity contribution in [2.45, 2.75) is 51.9 Å². The molecule has 5 rings (SSSR count). The van der Waals surface area contributed by atoms with Crippen LogP contribution < -0.4 is 15.5 Å². The van der Waals surface area contributed by atoms with E-state index in [1.54, 1.807) is 6.92 Å². The van der Waals surface area contributed by atoms with E-state index in [1.807, 2.05) is 30.3 Å². The second-order valence-corrected chi connectivity index (χ2v) is 10.4. The number of nitrogens with zero attached hydrogens (tertiary/aromatic N) is 6. The number of anilines is 2. The van der Waals surface area contributed by atoms with E-state index in [4.69, 9.17) is 16.3 Å². The number of pyridine rings is 1. The molecule has 0 aliphatic carbocycles. The lowest BCUT2D eigenvalue weighted by Gasteiger charge is -2.45. The van der Waals surface area contributed by atoms with E-state index in [9.17, 15) is 27.2 Å². The molecule has 0 fully saturated rings. The normalized spacial score (nSPS) is 15.8. The quantitative estimate of drug-likeness (QED) is 0.175. The summed E-state index contributed by atoms with van der Waals surface area (Å²) in [6, 6.07) is 9.98. The fourth-order valence-corrected chi connectivity index (χ4v) is 5.28. The predicted molar refractivity (Wildman–Crippen MR) is 152 cm³/mol. The second-order valence-electron chi connectivity index (χ2n) is 9.99. The largest absolute Gasteiger partial charge is 0.408 e. The van der Waals surface area contributed by atoms with Crippen molar-refractivity contribution in [2.24, 2.45) is 0 Å². The van der Waals surface area contributed by atoms with E-state index in [1.165, 1.54) is 16.7 Å². The van der Waals surface area contributed by atoms with Crippen molar-refractivity contribution < 1.29 is 31.5 Å². The summed E-state index contributed by atoms with van der Waals surface area (Å²) in [5.41, 5.74) is -0.541. The molecule has 232 valence electrons. The molecule has 9 nitrogen and oxygen atoms in total. The number of alkyl halides is 3. The Balaban J connectivity index is 1.60. The van der Waals surface area contributed by atoms with Gasteiger partial charge in [0.1, 0.15) is 36.6 Å². The number of ether oxygens (including phenoxy) is 1. The summed E-state index contributed by atoms with van der Waals surface area (Å²) in [6.07, 6.45) is -4.48. The highest BCUT2D eigenvalue weighted by molar-refractivity contribution is 6.33. The van der Waals surface area contributed by atoms with E-state index in [2.05, 4.69) is 10.1 Å². The molecule has 0 spiro atoms. The summed E-state index contributed by atoms with van der Waals surface area (Å²) in [5, 5.41) is 4.02. The van der Waals surface area contributed by atoms with Gasteiger partial charge in [0.05, 0.1) is 24.0 Å². The number of halogens is 6. The molecule has 2 atom stereocenters. The minimum absolute atomic E-state index is 0.125. The molecule has 2 aromatic carbocycles. The maximum Gasteiger partial charge on any atom is 0.408 e. The van der Waals surface area contributed by atoms with Gasteiger partial charge >= 0.3 is 11.9 Å². The van der Waals surface area contributed by atoms with Crippen LogP contribution in [0.4, 0.5) is 33.5 Å². The van der Waals surface area contributed by atoms with Gasteiger partial charge in [-0.2, -0.15) is 17.9 Å². The van der Waals surface area contributed by atoms with Crippen LogP contribution in [0.5, 0.6) is 0 Å². The first-order chi connectivity index (χ1) is 21.0. The Morgan fingerprint density at radius 1 is 1.07 bits per heavy atom. The zero-order valence-electron chi connectivity index (χ0n) is 23.4. The smallest absolute Gasteiger partial charge is 0.369 e. The topological polar surface area (TPSA) is 85.5 Å². The van der Waals surface area contributed by atoms with E-state index in [0.29, 0.717) is 11.0 Å². The molecule has 0 radical (unpaired) electrons. The fourth-order valence-electron chi connectivity index (χ4n) is 5.00. The van der Waals surface area contributed by atoms with Crippen molar-refractivity contribution in [1.29, 1.82) is 0 Å². The summed E-state index contributed by atoms with van der Waals surface area (Å²) in [7, 11) is 0. The lowest BCUT2D eigenvalue weighted by atomic mass is 10.0. The zero-order valence-corrected chi connectivity index (χ0v) is 24.2. The Labute approximate surface area is 253 Å². The molecule has 1 unspecified atom stereocenters. The van der Waals surface area contributed by atoms with Gasteiger partial charge in [-0.15, -0.1) is 5.10 Å². The average Bonchev–Trinajstić information content (AvgIpc) is 3.30. The zero-order chi connectivity index (χ0) is 31.8. The van der Waals surface area contributed by atoms with Gasteiger partial charge in [-0.1, -0.05) is 48.0 Å². The number of benzene rings is 2. The van der Waals surface area contributed by atoms with Gasteiger partial charge in [-0.3, -0.25) is 4.57 Å². The second kappa shape index (κ2) is 12.4. The molecule has 0 bridgehead atoms. The lowest BCUT2D eigenvalue weighted by Crippen LogP contribution is -2.54.